The highest BCUT2D eigenvalue weighted by molar-refractivity contribution is 7.89. The lowest BCUT2D eigenvalue weighted by atomic mass is 10.2. The molecule has 0 unspecified atom stereocenters. The molecule has 4 rings (SSSR count). The van der Waals surface area contributed by atoms with Gasteiger partial charge in [-0.2, -0.15) is 4.31 Å². The maximum Gasteiger partial charge on any atom is 0.257 e. The fourth-order valence-electron chi connectivity index (χ4n) is 3.94. The molecule has 0 atom stereocenters. The second kappa shape index (κ2) is 9.19. The summed E-state index contributed by atoms with van der Waals surface area (Å²) in [7, 11) is -1.61. The highest BCUT2D eigenvalue weighted by Crippen LogP contribution is 2.23. The number of nitrogens with zero attached hydrogens (tertiary/aromatic N) is 3. The number of aryl methyl sites for hydroxylation is 1. The SMILES string of the molecule is Cc1cc(C(=O)Nc2cccc(S(=O)(=O)N3CCN(C)CC3)c2)c(C)n1Cc1cccs1. The summed E-state index contributed by atoms with van der Waals surface area (Å²) in [6.45, 7) is 6.98. The molecule has 1 saturated heterocycles. The number of aromatic nitrogens is 1. The zero-order valence-electron chi connectivity index (χ0n) is 18.5. The number of amides is 1. The van der Waals surface area contributed by atoms with Gasteiger partial charge in [-0.25, -0.2) is 8.42 Å². The van der Waals surface area contributed by atoms with Gasteiger partial charge in [0.2, 0.25) is 10.0 Å². The van der Waals surface area contributed by atoms with E-state index in [1.807, 2.05) is 38.4 Å². The minimum Gasteiger partial charge on any atom is -0.343 e. The number of rotatable bonds is 6. The van der Waals surface area contributed by atoms with E-state index in [0.717, 1.165) is 17.9 Å². The third kappa shape index (κ3) is 4.66. The smallest absolute Gasteiger partial charge is 0.257 e. The summed E-state index contributed by atoms with van der Waals surface area (Å²) in [5.74, 6) is -0.246. The molecule has 1 aliphatic rings. The first kappa shape index (κ1) is 22.7. The first-order chi connectivity index (χ1) is 15.3. The molecule has 1 aromatic carbocycles. The number of sulfonamides is 1. The molecular formula is C23H28N4O3S2. The van der Waals surface area contributed by atoms with Gasteiger partial charge < -0.3 is 14.8 Å². The number of hydrogen-bond donors (Lipinski definition) is 1. The third-order valence-electron chi connectivity index (χ3n) is 5.90. The highest BCUT2D eigenvalue weighted by atomic mass is 32.2. The molecule has 1 N–H and O–H groups in total. The van der Waals surface area contributed by atoms with Gasteiger partial charge in [0, 0.05) is 48.1 Å². The van der Waals surface area contributed by atoms with Gasteiger partial charge in [-0.15, -0.1) is 11.3 Å². The topological polar surface area (TPSA) is 74.7 Å². The Kier molecular flexibility index (Phi) is 6.52. The van der Waals surface area contributed by atoms with Crippen molar-refractivity contribution in [3.8, 4) is 0 Å². The summed E-state index contributed by atoms with van der Waals surface area (Å²) < 4.78 is 29.7. The molecule has 0 saturated carbocycles. The van der Waals surface area contributed by atoms with Crippen molar-refractivity contribution in [3.63, 3.8) is 0 Å². The van der Waals surface area contributed by atoms with Crippen molar-refractivity contribution in [2.24, 2.45) is 0 Å². The Morgan fingerprint density at radius 3 is 2.50 bits per heavy atom. The Hall–Kier alpha value is -2.46. The Bertz CT molecular complexity index is 1210. The van der Waals surface area contributed by atoms with Gasteiger partial charge in [-0.1, -0.05) is 12.1 Å². The van der Waals surface area contributed by atoms with Crippen molar-refractivity contribution in [3.05, 3.63) is 69.7 Å². The summed E-state index contributed by atoms with van der Waals surface area (Å²) >= 11 is 1.69. The van der Waals surface area contributed by atoms with Crippen LogP contribution < -0.4 is 5.32 Å². The Morgan fingerprint density at radius 2 is 1.81 bits per heavy atom. The molecule has 3 aromatic rings. The fraction of sp³-hybridized carbons (Fsp3) is 0.348. The van der Waals surface area contributed by atoms with Crippen molar-refractivity contribution in [2.75, 3.05) is 38.5 Å². The molecule has 0 radical (unpaired) electrons. The minimum absolute atomic E-state index is 0.197. The second-order valence-corrected chi connectivity index (χ2v) is 11.1. The number of hydrogen-bond acceptors (Lipinski definition) is 5. The van der Waals surface area contributed by atoms with Gasteiger partial charge in [0.1, 0.15) is 0 Å². The molecule has 0 aliphatic carbocycles. The third-order valence-corrected chi connectivity index (χ3v) is 8.66. The molecule has 32 heavy (non-hydrogen) atoms. The number of thiophene rings is 1. The van der Waals surface area contributed by atoms with Crippen LogP contribution in [-0.4, -0.2) is 61.3 Å². The van der Waals surface area contributed by atoms with E-state index in [2.05, 4.69) is 20.9 Å². The predicted octanol–water partition coefficient (Wildman–Crippen LogP) is 3.40. The molecule has 2 aromatic heterocycles. The molecule has 1 aliphatic heterocycles. The van der Waals surface area contributed by atoms with Crippen LogP contribution in [0.3, 0.4) is 0 Å². The number of benzene rings is 1. The van der Waals surface area contributed by atoms with E-state index in [9.17, 15) is 13.2 Å². The molecule has 0 spiro atoms. The van der Waals surface area contributed by atoms with Crippen molar-refractivity contribution in [2.45, 2.75) is 25.3 Å². The normalized spacial score (nSPS) is 15.7. The predicted molar refractivity (Wildman–Crippen MR) is 128 cm³/mol. The number of nitrogens with one attached hydrogen (secondary N) is 1. The standard InChI is InChI=1S/C23H28N4O3S2/c1-17-14-22(18(2)27(17)16-20-7-5-13-31-20)23(28)24-19-6-4-8-21(15-19)32(29,30)26-11-9-25(3)10-12-26/h4-8,13-15H,9-12,16H2,1-3H3,(H,24,28). The van der Waals surface area contributed by atoms with E-state index in [0.29, 0.717) is 37.4 Å². The lowest BCUT2D eigenvalue weighted by Gasteiger charge is -2.31. The van der Waals surface area contributed by atoms with E-state index >= 15 is 0 Å². The first-order valence-corrected chi connectivity index (χ1v) is 12.9. The van der Waals surface area contributed by atoms with Crippen LogP contribution in [0.15, 0.2) is 52.7 Å². The zero-order chi connectivity index (χ0) is 22.9. The lowest BCUT2D eigenvalue weighted by Crippen LogP contribution is -2.47. The van der Waals surface area contributed by atoms with Gasteiger partial charge in [-0.3, -0.25) is 4.79 Å². The molecule has 1 fully saturated rings. The Labute approximate surface area is 193 Å². The summed E-state index contributed by atoms with van der Waals surface area (Å²) in [5.41, 5.74) is 2.95. The largest absolute Gasteiger partial charge is 0.343 e. The Balaban J connectivity index is 1.52. The molecule has 9 heteroatoms. The fourth-order valence-corrected chi connectivity index (χ4v) is 6.10. The zero-order valence-corrected chi connectivity index (χ0v) is 20.2. The molecule has 170 valence electrons. The van der Waals surface area contributed by atoms with Crippen LogP contribution in [0.5, 0.6) is 0 Å². The van der Waals surface area contributed by atoms with Crippen molar-refractivity contribution >= 4 is 33.0 Å². The van der Waals surface area contributed by atoms with E-state index in [1.165, 1.54) is 15.2 Å². The van der Waals surface area contributed by atoms with Crippen molar-refractivity contribution in [1.29, 1.82) is 0 Å². The molecule has 3 heterocycles. The second-order valence-electron chi connectivity index (χ2n) is 8.14. The van der Waals surface area contributed by atoms with Crippen LogP contribution in [-0.2, 0) is 16.6 Å². The first-order valence-electron chi connectivity index (χ1n) is 10.5. The quantitative estimate of drug-likeness (QED) is 0.597. The summed E-state index contributed by atoms with van der Waals surface area (Å²) in [6.07, 6.45) is 0. The van der Waals surface area contributed by atoms with Gasteiger partial charge in [0.15, 0.2) is 0 Å². The van der Waals surface area contributed by atoms with Crippen molar-refractivity contribution in [1.82, 2.24) is 13.8 Å². The van der Waals surface area contributed by atoms with E-state index in [1.54, 1.807) is 29.5 Å². The molecular weight excluding hydrogens is 444 g/mol. The maximum absolute atomic E-state index is 13.0. The summed E-state index contributed by atoms with van der Waals surface area (Å²) in [5, 5.41) is 4.92. The lowest BCUT2D eigenvalue weighted by molar-refractivity contribution is 0.102. The highest BCUT2D eigenvalue weighted by Gasteiger charge is 2.27. The van der Waals surface area contributed by atoms with Gasteiger partial charge in [-0.05, 0) is 56.6 Å². The number of piperazine rings is 1. The molecule has 7 nitrogen and oxygen atoms in total. The maximum atomic E-state index is 13.0. The monoisotopic (exact) mass is 472 g/mol. The van der Waals surface area contributed by atoms with Crippen molar-refractivity contribution < 1.29 is 13.2 Å². The van der Waals surface area contributed by atoms with Crippen LogP contribution in [0.4, 0.5) is 5.69 Å². The number of carbonyl (C=O) groups excluding carboxylic acids is 1. The van der Waals surface area contributed by atoms with Crippen LogP contribution in [0.25, 0.3) is 0 Å². The number of likely N-dealkylation sites (N-methyl/N-ethyl adjacent to an activating group) is 1. The summed E-state index contributed by atoms with van der Waals surface area (Å²) in [6, 6.07) is 12.5. The number of carbonyl (C=O) groups is 1. The molecule has 1 amide bonds. The average molecular weight is 473 g/mol. The molecule has 0 bridgehead atoms. The number of anilines is 1. The Morgan fingerprint density at radius 1 is 1.06 bits per heavy atom. The van der Waals surface area contributed by atoms with Crippen LogP contribution in [0, 0.1) is 13.8 Å². The van der Waals surface area contributed by atoms with Gasteiger partial charge >= 0.3 is 0 Å². The summed E-state index contributed by atoms with van der Waals surface area (Å²) in [4.78, 5) is 16.5. The van der Waals surface area contributed by atoms with Gasteiger partial charge in [0.25, 0.3) is 5.91 Å². The van der Waals surface area contributed by atoms with Crippen LogP contribution in [0.1, 0.15) is 26.6 Å². The van der Waals surface area contributed by atoms with E-state index < -0.39 is 10.0 Å². The van der Waals surface area contributed by atoms with Gasteiger partial charge in [0.05, 0.1) is 17.0 Å². The minimum atomic E-state index is -3.60. The van der Waals surface area contributed by atoms with Crippen LogP contribution in [0.2, 0.25) is 0 Å². The van der Waals surface area contributed by atoms with E-state index in [4.69, 9.17) is 0 Å². The van der Waals surface area contributed by atoms with E-state index in [-0.39, 0.29) is 10.8 Å². The average Bonchev–Trinajstić information content (AvgIpc) is 3.38. The van der Waals surface area contributed by atoms with Crippen LogP contribution >= 0.6 is 11.3 Å².